The van der Waals surface area contributed by atoms with Crippen molar-refractivity contribution in [1.29, 1.82) is 0 Å². The monoisotopic (exact) mass is 348 g/mol. The highest BCUT2D eigenvalue weighted by molar-refractivity contribution is 9.10. The maximum atomic E-state index is 5.95. The number of aromatic nitrogens is 2. The van der Waals surface area contributed by atoms with E-state index in [1.54, 1.807) is 0 Å². The Balaban J connectivity index is 2.03. The molecule has 0 aliphatic heterocycles. The molecule has 0 amide bonds. The summed E-state index contributed by atoms with van der Waals surface area (Å²) >= 11 is 3.56. The minimum Gasteiger partial charge on any atom is -0.340 e. The molecule has 0 spiro atoms. The van der Waals surface area contributed by atoms with E-state index >= 15 is 0 Å². The summed E-state index contributed by atoms with van der Waals surface area (Å²) in [6.45, 7) is 2.85. The summed E-state index contributed by atoms with van der Waals surface area (Å²) in [4.78, 5) is 10.9. The van der Waals surface area contributed by atoms with Crippen LogP contribution in [0.1, 0.15) is 24.5 Å². The van der Waals surface area contributed by atoms with Gasteiger partial charge >= 0.3 is 0 Å². The van der Waals surface area contributed by atoms with E-state index in [2.05, 4.69) is 38.9 Å². The largest absolute Gasteiger partial charge is 0.340 e. The van der Waals surface area contributed by atoms with E-state index < -0.39 is 0 Å². The quantitative estimate of drug-likeness (QED) is 0.870. The lowest BCUT2D eigenvalue weighted by atomic mass is 10.1. The van der Waals surface area contributed by atoms with Crippen molar-refractivity contribution in [3.05, 3.63) is 52.3 Å². The summed E-state index contributed by atoms with van der Waals surface area (Å²) in [7, 11) is 1.99. The summed E-state index contributed by atoms with van der Waals surface area (Å²) in [6, 6.07) is 8.35. The number of nitrogens with zero attached hydrogens (tertiary/aromatic N) is 3. The summed E-state index contributed by atoms with van der Waals surface area (Å²) < 4.78 is 1.10. The van der Waals surface area contributed by atoms with Crippen LogP contribution < -0.4 is 10.6 Å². The molecule has 0 aliphatic carbocycles. The molecule has 21 heavy (non-hydrogen) atoms. The third-order valence-corrected chi connectivity index (χ3v) is 4.19. The van der Waals surface area contributed by atoms with Gasteiger partial charge in [0.25, 0.3) is 0 Å². The molecule has 112 valence electrons. The number of rotatable bonds is 6. The SMILES string of the molecule is CCC(N)Cc1cnc(N(C)Cc2ccccc2Br)nc1. The second-order valence-electron chi connectivity index (χ2n) is 5.21. The molecule has 4 nitrogen and oxygen atoms in total. The van der Waals surface area contributed by atoms with Gasteiger partial charge in [-0.1, -0.05) is 41.1 Å². The molecule has 0 fully saturated rings. The highest BCUT2D eigenvalue weighted by Crippen LogP contribution is 2.19. The van der Waals surface area contributed by atoms with Crippen LogP contribution in [0.2, 0.25) is 0 Å². The summed E-state index contributed by atoms with van der Waals surface area (Å²) in [5.41, 5.74) is 8.24. The second kappa shape index (κ2) is 7.52. The molecule has 0 saturated carbocycles. The Labute approximate surface area is 134 Å². The van der Waals surface area contributed by atoms with E-state index in [4.69, 9.17) is 5.73 Å². The molecular formula is C16H21BrN4. The predicted molar refractivity (Wildman–Crippen MR) is 90.3 cm³/mol. The highest BCUT2D eigenvalue weighted by atomic mass is 79.9. The average Bonchev–Trinajstić information content (AvgIpc) is 2.50. The maximum absolute atomic E-state index is 5.95. The minimum absolute atomic E-state index is 0.178. The molecule has 0 radical (unpaired) electrons. The van der Waals surface area contributed by atoms with Gasteiger partial charge in [0.1, 0.15) is 0 Å². The Bertz CT molecular complexity index is 571. The first-order valence-electron chi connectivity index (χ1n) is 7.11. The predicted octanol–water partition coefficient (Wildman–Crippen LogP) is 3.16. The zero-order valence-corrected chi connectivity index (χ0v) is 14.0. The lowest BCUT2D eigenvalue weighted by Gasteiger charge is -2.18. The van der Waals surface area contributed by atoms with Gasteiger partial charge in [0.05, 0.1) is 0 Å². The van der Waals surface area contributed by atoms with Crippen molar-refractivity contribution in [2.75, 3.05) is 11.9 Å². The van der Waals surface area contributed by atoms with Crippen molar-refractivity contribution in [3.63, 3.8) is 0 Å². The van der Waals surface area contributed by atoms with Crippen molar-refractivity contribution in [1.82, 2.24) is 9.97 Å². The van der Waals surface area contributed by atoms with E-state index in [0.29, 0.717) is 0 Å². The molecule has 1 aromatic carbocycles. The molecule has 1 heterocycles. The molecule has 5 heteroatoms. The van der Waals surface area contributed by atoms with Gasteiger partial charge in [-0.3, -0.25) is 0 Å². The number of benzene rings is 1. The van der Waals surface area contributed by atoms with E-state index in [1.807, 2.05) is 42.5 Å². The van der Waals surface area contributed by atoms with Crippen LogP contribution in [0.5, 0.6) is 0 Å². The van der Waals surface area contributed by atoms with Gasteiger partial charge in [-0.2, -0.15) is 0 Å². The van der Waals surface area contributed by atoms with Crippen LogP contribution in [0.25, 0.3) is 0 Å². The Morgan fingerprint density at radius 3 is 2.52 bits per heavy atom. The molecule has 1 aromatic heterocycles. The zero-order chi connectivity index (χ0) is 15.2. The molecule has 2 N–H and O–H groups in total. The number of hydrogen-bond acceptors (Lipinski definition) is 4. The van der Waals surface area contributed by atoms with Crippen molar-refractivity contribution in [2.24, 2.45) is 5.73 Å². The van der Waals surface area contributed by atoms with Crippen molar-refractivity contribution in [2.45, 2.75) is 32.4 Å². The first kappa shape index (κ1) is 15.9. The molecular weight excluding hydrogens is 328 g/mol. The average molecular weight is 349 g/mol. The maximum Gasteiger partial charge on any atom is 0.225 e. The lowest BCUT2D eigenvalue weighted by molar-refractivity contribution is 0.643. The molecule has 0 aliphatic rings. The smallest absolute Gasteiger partial charge is 0.225 e. The van der Waals surface area contributed by atoms with Crippen LogP contribution in [0, 0.1) is 0 Å². The van der Waals surface area contributed by atoms with Crippen LogP contribution in [0.15, 0.2) is 41.1 Å². The fourth-order valence-electron chi connectivity index (χ4n) is 2.05. The molecule has 0 saturated heterocycles. The Kier molecular flexibility index (Phi) is 5.70. The minimum atomic E-state index is 0.178. The van der Waals surface area contributed by atoms with Crippen LogP contribution >= 0.6 is 15.9 Å². The third kappa shape index (κ3) is 4.51. The van der Waals surface area contributed by atoms with E-state index in [-0.39, 0.29) is 6.04 Å². The molecule has 1 atom stereocenters. The van der Waals surface area contributed by atoms with Crippen LogP contribution in [0.4, 0.5) is 5.95 Å². The summed E-state index contributed by atoms with van der Waals surface area (Å²) in [5.74, 6) is 0.722. The van der Waals surface area contributed by atoms with Gasteiger partial charge in [0, 0.05) is 36.5 Å². The van der Waals surface area contributed by atoms with E-state index in [0.717, 1.165) is 35.4 Å². The van der Waals surface area contributed by atoms with Gasteiger partial charge in [0.2, 0.25) is 5.95 Å². The number of hydrogen-bond donors (Lipinski definition) is 1. The Morgan fingerprint density at radius 1 is 1.24 bits per heavy atom. The topological polar surface area (TPSA) is 55.0 Å². The zero-order valence-electron chi connectivity index (χ0n) is 12.5. The lowest BCUT2D eigenvalue weighted by Crippen LogP contribution is -2.22. The van der Waals surface area contributed by atoms with Gasteiger partial charge in [0.15, 0.2) is 0 Å². The van der Waals surface area contributed by atoms with Crippen molar-refractivity contribution >= 4 is 21.9 Å². The fraction of sp³-hybridized carbons (Fsp3) is 0.375. The second-order valence-corrected chi connectivity index (χ2v) is 6.07. The molecule has 0 bridgehead atoms. The van der Waals surface area contributed by atoms with Crippen LogP contribution in [-0.4, -0.2) is 23.1 Å². The van der Waals surface area contributed by atoms with Crippen LogP contribution in [0.3, 0.4) is 0 Å². The standard InChI is InChI=1S/C16H21BrN4/c1-3-14(18)8-12-9-19-16(20-10-12)21(2)11-13-6-4-5-7-15(13)17/h4-7,9-10,14H,3,8,11,18H2,1-2H3. The molecule has 1 unspecified atom stereocenters. The fourth-order valence-corrected chi connectivity index (χ4v) is 2.46. The van der Waals surface area contributed by atoms with E-state index in [1.165, 1.54) is 5.56 Å². The highest BCUT2D eigenvalue weighted by Gasteiger charge is 2.08. The molecule has 2 rings (SSSR count). The first-order chi connectivity index (χ1) is 10.1. The van der Waals surface area contributed by atoms with Crippen molar-refractivity contribution in [3.8, 4) is 0 Å². The normalized spacial score (nSPS) is 12.2. The van der Waals surface area contributed by atoms with E-state index in [9.17, 15) is 0 Å². The Hall–Kier alpha value is -1.46. The summed E-state index contributed by atoms with van der Waals surface area (Å²) in [6.07, 6.45) is 5.52. The van der Waals surface area contributed by atoms with Crippen molar-refractivity contribution < 1.29 is 0 Å². The first-order valence-corrected chi connectivity index (χ1v) is 7.90. The number of nitrogens with two attached hydrogens (primary N) is 1. The molecule has 2 aromatic rings. The number of anilines is 1. The summed E-state index contributed by atoms with van der Waals surface area (Å²) in [5, 5.41) is 0. The van der Waals surface area contributed by atoms with Gasteiger partial charge in [-0.05, 0) is 30.0 Å². The van der Waals surface area contributed by atoms with Crippen LogP contribution in [-0.2, 0) is 13.0 Å². The number of halogens is 1. The van der Waals surface area contributed by atoms with Gasteiger partial charge in [-0.15, -0.1) is 0 Å². The van der Waals surface area contributed by atoms with Gasteiger partial charge < -0.3 is 10.6 Å². The van der Waals surface area contributed by atoms with Gasteiger partial charge in [-0.25, -0.2) is 9.97 Å². The third-order valence-electron chi connectivity index (χ3n) is 3.42. The Morgan fingerprint density at radius 2 is 1.90 bits per heavy atom.